The number of nitrogens with zero attached hydrogens (tertiary/aromatic N) is 2. The van der Waals surface area contributed by atoms with Gasteiger partial charge < -0.3 is 9.64 Å². The molecule has 4 nitrogen and oxygen atoms in total. The molecule has 2 aliphatic rings. The van der Waals surface area contributed by atoms with E-state index in [-0.39, 0.29) is 23.5 Å². The molecule has 4 rings (SSSR count). The normalized spacial score (nSPS) is 20.7. The highest BCUT2D eigenvalue weighted by Gasteiger charge is 2.49. The predicted molar refractivity (Wildman–Crippen MR) is 128 cm³/mol. The Morgan fingerprint density at radius 1 is 1.03 bits per heavy atom. The summed E-state index contributed by atoms with van der Waals surface area (Å²) in [4.78, 5) is 20.7. The van der Waals surface area contributed by atoms with E-state index in [1.165, 1.54) is 11.8 Å². The van der Waals surface area contributed by atoms with Crippen molar-refractivity contribution >= 4 is 46.1 Å². The van der Waals surface area contributed by atoms with Crippen molar-refractivity contribution in [1.29, 1.82) is 0 Å². The Bertz CT molecular complexity index is 1060. The Hall–Kier alpha value is -1.95. The standard InChI is InChI=1S/C24H24Cl2N2O2S/c1-5-30-22(29)20-21(24(2,3)4)28-19(15-8-12-17(26)13-9-15)18(27-23(28)31-20)14-6-10-16(25)11-7-14/h6-13,18-19H,5H2,1-4H3/t18-,19+/m0/s1. The van der Waals surface area contributed by atoms with Crippen LogP contribution in [0.5, 0.6) is 0 Å². The molecule has 0 saturated heterocycles. The molecule has 0 aliphatic carbocycles. The van der Waals surface area contributed by atoms with E-state index in [4.69, 9.17) is 32.9 Å². The lowest BCUT2D eigenvalue weighted by Gasteiger charge is -2.35. The van der Waals surface area contributed by atoms with Crippen LogP contribution >= 0.6 is 35.0 Å². The number of carbonyl (C=O) groups excluding carboxylic acids is 1. The van der Waals surface area contributed by atoms with Gasteiger partial charge in [-0.05, 0) is 54.1 Å². The molecule has 7 heteroatoms. The maximum atomic E-state index is 12.8. The third kappa shape index (κ3) is 4.23. The number of ether oxygens (including phenoxy) is 1. The number of benzene rings is 2. The number of aliphatic imine (C=N–C) groups is 1. The van der Waals surface area contributed by atoms with Crippen LogP contribution in [-0.4, -0.2) is 22.6 Å². The molecule has 31 heavy (non-hydrogen) atoms. The lowest BCUT2D eigenvalue weighted by molar-refractivity contribution is -0.137. The zero-order chi connectivity index (χ0) is 22.3. The van der Waals surface area contributed by atoms with Crippen molar-refractivity contribution in [3.63, 3.8) is 0 Å². The first-order valence-corrected chi connectivity index (χ1v) is 11.8. The van der Waals surface area contributed by atoms with Gasteiger partial charge in [-0.2, -0.15) is 0 Å². The molecule has 0 unspecified atom stereocenters. The van der Waals surface area contributed by atoms with Gasteiger partial charge in [-0.15, -0.1) is 0 Å². The third-order valence-corrected chi connectivity index (χ3v) is 6.83. The van der Waals surface area contributed by atoms with Gasteiger partial charge in [-0.1, -0.05) is 68.2 Å². The Morgan fingerprint density at radius 3 is 2.10 bits per heavy atom. The van der Waals surface area contributed by atoms with Crippen molar-refractivity contribution in [2.24, 2.45) is 10.4 Å². The summed E-state index contributed by atoms with van der Waals surface area (Å²) in [5.41, 5.74) is 2.80. The van der Waals surface area contributed by atoms with Gasteiger partial charge in [0.05, 0.1) is 12.6 Å². The number of rotatable bonds is 4. The summed E-state index contributed by atoms with van der Waals surface area (Å²) in [6, 6.07) is 15.4. The summed E-state index contributed by atoms with van der Waals surface area (Å²) in [7, 11) is 0. The number of esters is 1. The highest BCUT2D eigenvalue weighted by atomic mass is 35.5. The van der Waals surface area contributed by atoms with Crippen LogP contribution in [0.1, 0.15) is 50.9 Å². The van der Waals surface area contributed by atoms with Crippen LogP contribution in [0, 0.1) is 5.41 Å². The van der Waals surface area contributed by atoms with Crippen LogP contribution in [0.2, 0.25) is 10.0 Å². The lowest BCUT2D eigenvalue weighted by atomic mass is 9.87. The van der Waals surface area contributed by atoms with Gasteiger partial charge in [0.15, 0.2) is 5.17 Å². The first kappa shape index (κ1) is 22.3. The van der Waals surface area contributed by atoms with E-state index in [0.717, 1.165) is 22.0 Å². The van der Waals surface area contributed by atoms with Gasteiger partial charge in [0.25, 0.3) is 0 Å². The third-order valence-electron chi connectivity index (χ3n) is 5.28. The van der Waals surface area contributed by atoms with Gasteiger partial charge in [-0.3, -0.25) is 4.99 Å². The highest BCUT2D eigenvalue weighted by molar-refractivity contribution is 8.18. The molecule has 2 aromatic rings. The summed E-state index contributed by atoms with van der Waals surface area (Å²) in [6.07, 6.45) is 0. The molecule has 2 atom stereocenters. The fraction of sp³-hybridized carbons (Fsp3) is 0.333. The van der Waals surface area contributed by atoms with Crippen molar-refractivity contribution in [3.8, 4) is 0 Å². The summed E-state index contributed by atoms with van der Waals surface area (Å²) < 4.78 is 5.37. The van der Waals surface area contributed by atoms with E-state index >= 15 is 0 Å². The van der Waals surface area contributed by atoms with E-state index < -0.39 is 0 Å². The van der Waals surface area contributed by atoms with Gasteiger partial charge in [0, 0.05) is 21.2 Å². The van der Waals surface area contributed by atoms with E-state index in [1.807, 2.05) is 55.5 Å². The molecule has 0 fully saturated rings. The van der Waals surface area contributed by atoms with Crippen molar-refractivity contribution in [2.45, 2.75) is 39.8 Å². The quantitative estimate of drug-likeness (QED) is 0.446. The maximum Gasteiger partial charge on any atom is 0.346 e. The molecule has 0 saturated carbocycles. The molecular formula is C24H24Cl2N2O2S. The largest absolute Gasteiger partial charge is 0.462 e. The molecular weight excluding hydrogens is 451 g/mol. The minimum absolute atomic E-state index is 0.109. The summed E-state index contributed by atoms with van der Waals surface area (Å²) in [5.74, 6) is -0.299. The molecule has 0 bridgehead atoms. The zero-order valence-corrected chi connectivity index (χ0v) is 20.2. The van der Waals surface area contributed by atoms with E-state index in [9.17, 15) is 4.79 Å². The number of hydrogen-bond acceptors (Lipinski definition) is 5. The Balaban J connectivity index is 1.86. The van der Waals surface area contributed by atoms with Crippen molar-refractivity contribution < 1.29 is 9.53 Å². The van der Waals surface area contributed by atoms with Gasteiger partial charge in [0.1, 0.15) is 10.9 Å². The number of amidine groups is 1. The molecule has 0 amide bonds. The van der Waals surface area contributed by atoms with Crippen molar-refractivity contribution in [2.75, 3.05) is 6.61 Å². The average molecular weight is 475 g/mol. The second-order valence-electron chi connectivity index (χ2n) is 8.52. The van der Waals surface area contributed by atoms with E-state index in [0.29, 0.717) is 21.6 Å². The van der Waals surface area contributed by atoms with E-state index in [2.05, 4.69) is 25.7 Å². The molecule has 2 heterocycles. The fourth-order valence-electron chi connectivity index (χ4n) is 4.02. The van der Waals surface area contributed by atoms with Gasteiger partial charge in [0.2, 0.25) is 0 Å². The van der Waals surface area contributed by atoms with Crippen molar-refractivity contribution in [1.82, 2.24) is 4.90 Å². The second kappa shape index (κ2) is 8.53. The van der Waals surface area contributed by atoms with Crippen LogP contribution in [0.15, 0.2) is 64.1 Å². The number of allylic oxidation sites excluding steroid dienone is 1. The molecule has 0 N–H and O–H groups in total. The summed E-state index contributed by atoms with van der Waals surface area (Å²) in [6.45, 7) is 8.49. The number of carbonyl (C=O) groups is 1. The van der Waals surface area contributed by atoms with Crippen molar-refractivity contribution in [3.05, 3.63) is 80.3 Å². The van der Waals surface area contributed by atoms with Gasteiger partial charge >= 0.3 is 5.97 Å². The molecule has 0 spiro atoms. The fourth-order valence-corrected chi connectivity index (χ4v) is 5.56. The minimum Gasteiger partial charge on any atom is -0.462 e. The average Bonchev–Trinajstić information content (AvgIpc) is 3.25. The number of fused-ring (bicyclic) bond motifs is 1. The molecule has 0 radical (unpaired) electrons. The number of hydrogen-bond donors (Lipinski definition) is 0. The van der Waals surface area contributed by atoms with Crippen LogP contribution < -0.4 is 0 Å². The smallest absolute Gasteiger partial charge is 0.346 e. The maximum absolute atomic E-state index is 12.8. The lowest BCUT2D eigenvalue weighted by Crippen LogP contribution is -2.33. The number of halogens is 2. The minimum atomic E-state index is -0.299. The van der Waals surface area contributed by atoms with Crippen LogP contribution in [0.4, 0.5) is 0 Å². The first-order valence-electron chi connectivity index (χ1n) is 10.2. The second-order valence-corrected chi connectivity index (χ2v) is 10.4. The summed E-state index contributed by atoms with van der Waals surface area (Å²) in [5, 5.41) is 2.18. The highest BCUT2D eigenvalue weighted by Crippen LogP contribution is 2.55. The number of thioether (sulfide) groups is 1. The topological polar surface area (TPSA) is 41.9 Å². The van der Waals surface area contributed by atoms with Gasteiger partial charge in [-0.25, -0.2) is 4.79 Å². The Labute approximate surface area is 197 Å². The SMILES string of the molecule is CCOC(=O)C1=C(C(C)(C)C)N2C(=N[C@@H](c3ccc(Cl)cc3)[C@H]2c2ccc(Cl)cc2)S1. The monoisotopic (exact) mass is 474 g/mol. The van der Waals surface area contributed by atoms with Crippen LogP contribution in [0.25, 0.3) is 0 Å². The molecule has 162 valence electrons. The Morgan fingerprint density at radius 2 is 1.58 bits per heavy atom. The Kier molecular flexibility index (Phi) is 6.12. The van der Waals surface area contributed by atoms with Crippen LogP contribution in [-0.2, 0) is 9.53 Å². The predicted octanol–water partition coefficient (Wildman–Crippen LogP) is 7.02. The molecule has 2 aromatic carbocycles. The zero-order valence-electron chi connectivity index (χ0n) is 17.9. The molecule has 0 aromatic heterocycles. The van der Waals surface area contributed by atoms with Crippen LogP contribution in [0.3, 0.4) is 0 Å². The summed E-state index contributed by atoms with van der Waals surface area (Å²) >= 11 is 13.7. The first-order chi connectivity index (χ1) is 14.7. The van der Waals surface area contributed by atoms with E-state index in [1.54, 1.807) is 0 Å². The molecule has 2 aliphatic heterocycles.